The van der Waals surface area contributed by atoms with Gasteiger partial charge in [-0.25, -0.2) is 9.78 Å². The van der Waals surface area contributed by atoms with E-state index in [4.69, 9.17) is 0 Å². The minimum Gasteiger partial charge on any atom is -0.337 e. The summed E-state index contributed by atoms with van der Waals surface area (Å²) in [6, 6.07) is 10.0. The summed E-state index contributed by atoms with van der Waals surface area (Å²) < 4.78 is 0. The summed E-state index contributed by atoms with van der Waals surface area (Å²) >= 11 is 1.65. The molecule has 0 bridgehead atoms. The molecule has 0 saturated heterocycles. The van der Waals surface area contributed by atoms with Crippen molar-refractivity contribution in [3.8, 4) is 0 Å². The van der Waals surface area contributed by atoms with E-state index in [0.717, 1.165) is 16.3 Å². The maximum atomic E-state index is 12.3. The molecular weight excluding hydrogens is 294 g/mol. The summed E-state index contributed by atoms with van der Waals surface area (Å²) in [5.74, 6) is 0.234. The topological polar surface area (TPSA) is 45.2 Å². The Hall–Kier alpha value is -1.88. The summed E-state index contributed by atoms with van der Waals surface area (Å²) in [4.78, 5) is 18.6. The lowest BCUT2D eigenvalue weighted by Crippen LogP contribution is -2.40. The van der Waals surface area contributed by atoms with E-state index in [0.29, 0.717) is 19.6 Å². The summed E-state index contributed by atoms with van der Waals surface area (Å²) in [6.45, 7) is 8.00. The molecule has 0 aliphatic rings. The molecule has 0 unspecified atom stereocenters. The number of hydrogen-bond acceptors (Lipinski definition) is 3. The maximum absolute atomic E-state index is 12.3. The van der Waals surface area contributed by atoms with Gasteiger partial charge in [-0.05, 0) is 19.4 Å². The van der Waals surface area contributed by atoms with Crippen LogP contribution in [0.2, 0.25) is 0 Å². The van der Waals surface area contributed by atoms with Crippen LogP contribution < -0.4 is 5.32 Å². The number of nitrogens with one attached hydrogen (secondary N) is 1. The number of carbonyl (C=O) groups is 1. The molecule has 0 fully saturated rings. The van der Waals surface area contributed by atoms with Crippen LogP contribution in [0.3, 0.4) is 0 Å². The minimum atomic E-state index is -0.0218. The second-order valence-corrected chi connectivity index (χ2v) is 6.30. The Bertz CT molecular complexity index is 597. The third kappa shape index (κ3) is 4.56. The maximum Gasteiger partial charge on any atom is 0.317 e. The van der Waals surface area contributed by atoms with Gasteiger partial charge in [-0.3, -0.25) is 0 Å². The van der Waals surface area contributed by atoms with Crippen molar-refractivity contribution in [1.29, 1.82) is 0 Å². The van der Waals surface area contributed by atoms with Crippen molar-refractivity contribution in [1.82, 2.24) is 15.2 Å². The standard InChI is InChI=1S/C17H23N3OS/c1-4-20(11-15-8-6-5-7-9-15)17(21)18-10-13(2)16-19-14(3)12-22-16/h5-9,12-13H,4,10-11H2,1-3H3,(H,18,21)/t13-/m1/s1. The molecular formula is C17H23N3OS. The molecule has 0 saturated carbocycles. The second kappa shape index (κ2) is 7.94. The fraction of sp³-hybridized carbons (Fsp3) is 0.412. The summed E-state index contributed by atoms with van der Waals surface area (Å²) in [5.41, 5.74) is 2.18. The molecule has 0 aliphatic heterocycles. The molecule has 1 atom stereocenters. The normalized spacial score (nSPS) is 12.0. The summed E-state index contributed by atoms with van der Waals surface area (Å²) in [7, 11) is 0. The molecule has 22 heavy (non-hydrogen) atoms. The van der Waals surface area contributed by atoms with Crippen molar-refractivity contribution >= 4 is 17.4 Å². The molecule has 2 rings (SSSR count). The van der Waals surface area contributed by atoms with Gasteiger partial charge in [0.25, 0.3) is 0 Å². The molecule has 2 amide bonds. The van der Waals surface area contributed by atoms with Gasteiger partial charge in [-0.2, -0.15) is 0 Å². The lowest BCUT2D eigenvalue weighted by molar-refractivity contribution is 0.197. The van der Waals surface area contributed by atoms with Crippen molar-refractivity contribution in [2.45, 2.75) is 33.2 Å². The van der Waals surface area contributed by atoms with Crippen LogP contribution in [-0.4, -0.2) is 29.0 Å². The number of urea groups is 1. The predicted octanol–water partition coefficient (Wildman–Crippen LogP) is 3.79. The molecule has 1 aromatic heterocycles. The summed E-state index contributed by atoms with van der Waals surface area (Å²) in [5, 5.41) is 6.13. The average Bonchev–Trinajstić information content (AvgIpc) is 2.97. The Morgan fingerprint density at radius 3 is 2.68 bits per heavy atom. The Balaban J connectivity index is 1.87. The first-order chi connectivity index (χ1) is 10.6. The van der Waals surface area contributed by atoms with Crippen LogP contribution in [-0.2, 0) is 6.54 Å². The van der Waals surface area contributed by atoms with E-state index in [2.05, 4.69) is 17.2 Å². The molecule has 0 radical (unpaired) electrons. The highest BCUT2D eigenvalue weighted by atomic mass is 32.1. The van der Waals surface area contributed by atoms with Crippen molar-refractivity contribution < 1.29 is 4.79 Å². The largest absolute Gasteiger partial charge is 0.337 e. The molecule has 118 valence electrons. The third-order valence-corrected chi connectivity index (χ3v) is 4.70. The number of benzene rings is 1. The minimum absolute atomic E-state index is 0.0218. The molecule has 0 spiro atoms. The zero-order valence-corrected chi connectivity index (χ0v) is 14.2. The van der Waals surface area contributed by atoms with E-state index in [9.17, 15) is 4.79 Å². The van der Waals surface area contributed by atoms with Crippen LogP contribution >= 0.6 is 11.3 Å². The second-order valence-electron chi connectivity index (χ2n) is 5.41. The first-order valence-electron chi connectivity index (χ1n) is 7.59. The van der Waals surface area contributed by atoms with Gasteiger partial charge >= 0.3 is 6.03 Å². The molecule has 2 aromatic rings. The van der Waals surface area contributed by atoms with Gasteiger partial charge in [0.2, 0.25) is 0 Å². The average molecular weight is 317 g/mol. The van der Waals surface area contributed by atoms with Gasteiger partial charge in [0.15, 0.2) is 0 Å². The Morgan fingerprint density at radius 2 is 2.09 bits per heavy atom. The highest BCUT2D eigenvalue weighted by Crippen LogP contribution is 2.19. The van der Waals surface area contributed by atoms with Crippen molar-refractivity contribution in [3.05, 3.63) is 52.0 Å². The van der Waals surface area contributed by atoms with Crippen LogP contribution in [0.25, 0.3) is 0 Å². The Morgan fingerprint density at radius 1 is 1.36 bits per heavy atom. The quantitative estimate of drug-likeness (QED) is 0.881. The number of rotatable bonds is 6. The first kappa shape index (κ1) is 16.5. The number of amides is 2. The number of carbonyl (C=O) groups excluding carboxylic acids is 1. The van der Waals surface area contributed by atoms with E-state index in [1.807, 2.05) is 54.5 Å². The smallest absolute Gasteiger partial charge is 0.317 e. The number of hydrogen-bond donors (Lipinski definition) is 1. The zero-order chi connectivity index (χ0) is 15.9. The van der Waals surface area contributed by atoms with E-state index in [1.54, 1.807) is 11.3 Å². The molecule has 1 N–H and O–H groups in total. The molecule has 1 heterocycles. The monoisotopic (exact) mass is 317 g/mol. The van der Waals surface area contributed by atoms with Gasteiger partial charge in [-0.1, -0.05) is 37.3 Å². The first-order valence-corrected chi connectivity index (χ1v) is 8.46. The van der Waals surface area contributed by atoms with E-state index in [1.165, 1.54) is 0 Å². The third-order valence-electron chi connectivity index (χ3n) is 3.50. The van der Waals surface area contributed by atoms with Gasteiger partial charge in [0.1, 0.15) is 0 Å². The highest BCUT2D eigenvalue weighted by molar-refractivity contribution is 7.09. The molecule has 4 nitrogen and oxygen atoms in total. The van der Waals surface area contributed by atoms with Crippen molar-refractivity contribution in [2.75, 3.05) is 13.1 Å². The number of nitrogens with zero attached hydrogens (tertiary/aromatic N) is 2. The van der Waals surface area contributed by atoms with Gasteiger partial charge < -0.3 is 10.2 Å². The highest BCUT2D eigenvalue weighted by Gasteiger charge is 2.15. The Labute approximate surface area is 136 Å². The number of aromatic nitrogens is 1. The number of aryl methyl sites for hydroxylation is 1. The van der Waals surface area contributed by atoms with Crippen molar-refractivity contribution in [3.63, 3.8) is 0 Å². The van der Waals surface area contributed by atoms with Crippen LogP contribution in [0.5, 0.6) is 0 Å². The van der Waals surface area contributed by atoms with Crippen LogP contribution in [0.15, 0.2) is 35.7 Å². The van der Waals surface area contributed by atoms with Crippen molar-refractivity contribution in [2.24, 2.45) is 0 Å². The molecule has 1 aromatic carbocycles. The van der Waals surface area contributed by atoms with Crippen LogP contribution in [0.1, 0.15) is 36.0 Å². The van der Waals surface area contributed by atoms with Crippen LogP contribution in [0.4, 0.5) is 4.79 Å². The fourth-order valence-electron chi connectivity index (χ4n) is 2.17. The Kier molecular flexibility index (Phi) is 5.95. The van der Waals surface area contributed by atoms with E-state index < -0.39 is 0 Å². The predicted molar refractivity (Wildman–Crippen MR) is 91.2 cm³/mol. The van der Waals surface area contributed by atoms with Gasteiger partial charge in [0.05, 0.1) is 5.01 Å². The van der Waals surface area contributed by atoms with Crippen LogP contribution in [0, 0.1) is 6.92 Å². The van der Waals surface area contributed by atoms with E-state index >= 15 is 0 Å². The lowest BCUT2D eigenvalue weighted by atomic mass is 10.2. The zero-order valence-electron chi connectivity index (χ0n) is 13.4. The number of thiazole rings is 1. The van der Waals surface area contributed by atoms with Gasteiger partial charge in [0, 0.05) is 36.6 Å². The van der Waals surface area contributed by atoms with E-state index in [-0.39, 0.29) is 11.9 Å². The lowest BCUT2D eigenvalue weighted by Gasteiger charge is -2.22. The molecule has 0 aliphatic carbocycles. The molecule has 5 heteroatoms. The SMILES string of the molecule is CCN(Cc1ccccc1)C(=O)NC[C@@H](C)c1nc(C)cs1. The fourth-order valence-corrected chi connectivity index (χ4v) is 3.03. The summed E-state index contributed by atoms with van der Waals surface area (Å²) in [6.07, 6.45) is 0. The van der Waals surface area contributed by atoms with Gasteiger partial charge in [-0.15, -0.1) is 11.3 Å².